The summed E-state index contributed by atoms with van der Waals surface area (Å²) in [4.78, 5) is 10.7. The van der Waals surface area contributed by atoms with Gasteiger partial charge in [0.2, 0.25) is 5.91 Å². The molecule has 1 fully saturated rings. The van der Waals surface area contributed by atoms with Gasteiger partial charge in [0.1, 0.15) is 0 Å². The Hall–Kier alpha value is -0.570. The zero-order valence-corrected chi connectivity index (χ0v) is 6.17. The molecule has 58 valence electrons. The summed E-state index contributed by atoms with van der Waals surface area (Å²) in [6.07, 6.45) is 1.78. The Morgan fingerprint density at radius 1 is 1.70 bits per heavy atom. The van der Waals surface area contributed by atoms with E-state index in [9.17, 15) is 4.79 Å². The van der Waals surface area contributed by atoms with Crippen molar-refractivity contribution in [3.05, 3.63) is 0 Å². The summed E-state index contributed by atoms with van der Waals surface area (Å²) in [5, 5.41) is 0. The molecular formula is C7H13NO2. The second kappa shape index (κ2) is 3.01. The van der Waals surface area contributed by atoms with E-state index in [1.54, 1.807) is 0 Å². The maximum Gasteiger partial charge on any atom is 0.220 e. The van der Waals surface area contributed by atoms with Gasteiger partial charge in [0.05, 0.1) is 6.10 Å². The average molecular weight is 143 g/mol. The molecule has 2 N–H and O–H groups in total. The van der Waals surface area contributed by atoms with Crippen LogP contribution in [0.2, 0.25) is 0 Å². The molecule has 1 amide bonds. The third-order valence-electron chi connectivity index (χ3n) is 1.89. The van der Waals surface area contributed by atoms with E-state index in [2.05, 4.69) is 0 Å². The van der Waals surface area contributed by atoms with Gasteiger partial charge in [0.25, 0.3) is 0 Å². The van der Waals surface area contributed by atoms with Crippen LogP contribution >= 0.6 is 0 Å². The summed E-state index contributed by atoms with van der Waals surface area (Å²) in [5.74, 6) is -0.140. The Balaban J connectivity index is 2.39. The standard InChI is InChI=1S/C7H13NO2/c1-5-4-6(7(8)9)2-3-10-5/h5-6H,2-4H2,1H3,(H2,8,9). The average Bonchev–Trinajstić information content (AvgIpc) is 1.88. The van der Waals surface area contributed by atoms with Crippen molar-refractivity contribution in [2.24, 2.45) is 11.7 Å². The topological polar surface area (TPSA) is 52.3 Å². The highest BCUT2D eigenvalue weighted by Gasteiger charge is 2.22. The summed E-state index contributed by atoms with van der Waals surface area (Å²) in [5.41, 5.74) is 5.13. The van der Waals surface area contributed by atoms with Gasteiger partial charge in [-0.3, -0.25) is 4.79 Å². The van der Waals surface area contributed by atoms with Gasteiger partial charge in [0.15, 0.2) is 0 Å². The summed E-state index contributed by atoms with van der Waals surface area (Å²) in [6.45, 7) is 2.64. The van der Waals surface area contributed by atoms with Crippen LogP contribution in [0.3, 0.4) is 0 Å². The molecule has 1 aliphatic rings. The summed E-state index contributed by atoms with van der Waals surface area (Å²) >= 11 is 0. The number of nitrogens with two attached hydrogens (primary N) is 1. The van der Waals surface area contributed by atoms with Crippen molar-refractivity contribution in [1.82, 2.24) is 0 Å². The van der Waals surface area contributed by atoms with Crippen molar-refractivity contribution >= 4 is 5.91 Å². The fourth-order valence-electron chi connectivity index (χ4n) is 1.26. The molecule has 0 bridgehead atoms. The van der Waals surface area contributed by atoms with E-state index in [1.165, 1.54) is 0 Å². The lowest BCUT2D eigenvalue weighted by Gasteiger charge is -2.24. The van der Waals surface area contributed by atoms with E-state index in [0.717, 1.165) is 12.8 Å². The molecule has 3 nitrogen and oxygen atoms in total. The minimum atomic E-state index is -0.185. The summed E-state index contributed by atoms with van der Waals surface area (Å²) in [6, 6.07) is 0. The molecule has 3 heteroatoms. The molecule has 0 aliphatic carbocycles. The van der Waals surface area contributed by atoms with Crippen molar-refractivity contribution in [1.29, 1.82) is 0 Å². The Morgan fingerprint density at radius 2 is 2.40 bits per heavy atom. The first-order valence-electron chi connectivity index (χ1n) is 3.61. The second-order valence-corrected chi connectivity index (χ2v) is 2.81. The predicted octanol–water partition coefficient (Wildman–Crippen LogP) is 0.287. The molecule has 0 aromatic carbocycles. The largest absolute Gasteiger partial charge is 0.378 e. The first-order valence-corrected chi connectivity index (χ1v) is 3.61. The van der Waals surface area contributed by atoms with Gasteiger partial charge in [-0.25, -0.2) is 0 Å². The van der Waals surface area contributed by atoms with Gasteiger partial charge < -0.3 is 10.5 Å². The molecule has 0 saturated carbocycles. The minimum absolute atomic E-state index is 0.0451. The maximum atomic E-state index is 10.7. The molecule has 1 heterocycles. The third kappa shape index (κ3) is 1.70. The van der Waals surface area contributed by atoms with Gasteiger partial charge in [-0.05, 0) is 19.8 Å². The molecule has 0 radical (unpaired) electrons. The summed E-state index contributed by atoms with van der Waals surface area (Å²) < 4.78 is 5.25. The number of hydrogen-bond acceptors (Lipinski definition) is 2. The Kier molecular flexibility index (Phi) is 2.27. The zero-order valence-electron chi connectivity index (χ0n) is 6.17. The van der Waals surface area contributed by atoms with Crippen LogP contribution in [0.25, 0.3) is 0 Å². The van der Waals surface area contributed by atoms with E-state index >= 15 is 0 Å². The van der Waals surface area contributed by atoms with Crippen LogP contribution in [0, 0.1) is 5.92 Å². The highest BCUT2D eigenvalue weighted by Crippen LogP contribution is 2.18. The van der Waals surface area contributed by atoms with E-state index in [4.69, 9.17) is 10.5 Å². The lowest BCUT2D eigenvalue weighted by Crippen LogP contribution is -2.32. The van der Waals surface area contributed by atoms with E-state index < -0.39 is 0 Å². The number of primary amides is 1. The van der Waals surface area contributed by atoms with E-state index in [-0.39, 0.29) is 17.9 Å². The normalized spacial score (nSPS) is 33.7. The van der Waals surface area contributed by atoms with Crippen LogP contribution in [0.1, 0.15) is 19.8 Å². The molecule has 1 saturated heterocycles. The Bertz CT molecular complexity index is 136. The Morgan fingerprint density at radius 3 is 2.80 bits per heavy atom. The number of carbonyl (C=O) groups excluding carboxylic acids is 1. The molecule has 2 atom stereocenters. The molecule has 0 aromatic heterocycles. The van der Waals surface area contributed by atoms with E-state index in [1.807, 2.05) is 6.92 Å². The minimum Gasteiger partial charge on any atom is -0.378 e. The Labute approximate surface area is 60.5 Å². The molecule has 1 rings (SSSR count). The molecule has 10 heavy (non-hydrogen) atoms. The van der Waals surface area contributed by atoms with Crippen molar-refractivity contribution in [2.45, 2.75) is 25.9 Å². The van der Waals surface area contributed by atoms with Crippen molar-refractivity contribution in [3.8, 4) is 0 Å². The number of carbonyl (C=O) groups is 1. The number of rotatable bonds is 1. The molecule has 1 aliphatic heterocycles. The van der Waals surface area contributed by atoms with Crippen LogP contribution in [-0.2, 0) is 9.53 Å². The fraction of sp³-hybridized carbons (Fsp3) is 0.857. The lowest BCUT2D eigenvalue weighted by molar-refractivity contribution is -0.126. The zero-order chi connectivity index (χ0) is 7.56. The molecule has 2 unspecified atom stereocenters. The van der Waals surface area contributed by atoms with Crippen LogP contribution in [0.15, 0.2) is 0 Å². The quantitative estimate of drug-likeness (QED) is 0.573. The van der Waals surface area contributed by atoms with Gasteiger partial charge >= 0.3 is 0 Å². The van der Waals surface area contributed by atoms with Gasteiger partial charge in [0, 0.05) is 12.5 Å². The highest BCUT2D eigenvalue weighted by atomic mass is 16.5. The van der Waals surface area contributed by atoms with Crippen molar-refractivity contribution in [2.75, 3.05) is 6.61 Å². The lowest BCUT2D eigenvalue weighted by atomic mass is 9.96. The van der Waals surface area contributed by atoms with Crippen molar-refractivity contribution in [3.63, 3.8) is 0 Å². The highest BCUT2D eigenvalue weighted by molar-refractivity contribution is 5.76. The molecule has 0 spiro atoms. The van der Waals surface area contributed by atoms with Crippen LogP contribution in [0.4, 0.5) is 0 Å². The van der Waals surface area contributed by atoms with Gasteiger partial charge in [-0.15, -0.1) is 0 Å². The molecular weight excluding hydrogens is 130 g/mol. The van der Waals surface area contributed by atoms with Gasteiger partial charge in [-0.2, -0.15) is 0 Å². The van der Waals surface area contributed by atoms with Crippen LogP contribution < -0.4 is 5.73 Å². The fourth-order valence-corrected chi connectivity index (χ4v) is 1.26. The van der Waals surface area contributed by atoms with Crippen LogP contribution in [0.5, 0.6) is 0 Å². The predicted molar refractivity (Wildman–Crippen MR) is 37.3 cm³/mol. The first kappa shape index (κ1) is 7.54. The van der Waals surface area contributed by atoms with Crippen molar-refractivity contribution < 1.29 is 9.53 Å². The smallest absolute Gasteiger partial charge is 0.220 e. The van der Waals surface area contributed by atoms with E-state index in [0.29, 0.717) is 6.61 Å². The maximum absolute atomic E-state index is 10.7. The third-order valence-corrected chi connectivity index (χ3v) is 1.89. The van der Waals surface area contributed by atoms with Crippen LogP contribution in [-0.4, -0.2) is 18.6 Å². The molecule has 0 aromatic rings. The number of amides is 1. The number of hydrogen-bond donors (Lipinski definition) is 1. The number of ether oxygens (including phenoxy) is 1. The summed E-state index contributed by atoms with van der Waals surface area (Å²) in [7, 11) is 0. The second-order valence-electron chi connectivity index (χ2n) is 2.81. The monoisotopic (exact) mass is 143 g/mol. The SMILES string of the molecule is CC1CC(C(N)=O)CCO1. The first-order chi connectivity index (χ1) is 4.70. The van der Waals surface area contributed by atoms with Gasteiger partial charge in [-0.1, -0.05) is 0 Å².